The lowest BCUT2D eigenvalue weighted by atomic mass is 10.1. The molecule has 0 spiro atoms. The third kappa shape index (κ3) is 3.89. The van der Waals surface area contributed by atoms with Gasteiger partial charge in [-0.25, -0.2) is 8.42 Å². The summed E-state index contributed by atoms with van der Waals surface area (Å²) in [6, 6.07) is 6.02. The zero-order chi connectivity index (χ0) is 11.5. The number of amides is 1. The summed E-state index contributed by atoms with van der Waals surface area (Å²) < 4.78 is 21.8. The van der Waals surface area contributed by atoms with E-state index in [1.807, 2.05) is 0 Å². The molecule has 15 heavy (non-hydrogen) atoms. The van der Waals surface area contributed by atoms with Crippen LogP contribution < -0.4 is 5.73 Å². The normalized spacial score (nSPS) is 11.3. The van der Waals surface area contributed by atoms with Gasteiger partial charge in [-0.1, -0.05) is 12.1 Å². The number of halogens is 1. The van der Waals surface area contributed by atoms with Gasteiger partial charge in [0.15, 0.2) is 0 Å². The van der Waals surface area contributed by atoms with Crippen LogP contribution in [0.5, 0.6) is 0 Å². The summed E-state index contributed by atoms with van der Waals surface area (Å²) in [5, 5.41) is 0. The molecule has 0 saturated heterocycles. The van der Waals surface area contributed by atoms with Crippen LogP contribution in [0.4, 0.5) is 0 Å². The molecule has 0 atom stereocenters. The Morgan fingerprint density at radius 3 is 2.20 bits per heavy atom. The van der Waals surface area contributed by atoms with Gasteiger partial charge in [0.2, 0.25) is 5.91 Å². The molecule has 1 amide bonds. The van der Waals surface area contributed by atoms with Crippen LogP contribution >= 0.6 is 10.7 Å². The largest absolute Gasteiger partial charge is 0.370 e. The highest BCUT2D eigenvalue weighted by atomic mass is 35.7. The molecule has 0 saturated carbocycles. The Kier molecular flexibility index (Phi) is 3.71. The highest BCUT2D eigenvalue weighted by Gasteiger charge is 2.08. The molecule has 1 aromatic rings. The van der Waals surface area contributed by atoms with Gasteiger partial charge < -0.3 is 5.73 Å². The molecule has 0 fully saturated rings. The standard InChI is InChI=1S/C9H10ClNO3S/c10-15(13,14)8-4-1-7(2-5-8)3-6-9(11)12/h1-2,4-5H,3,6H2,(H2,11,12). The van der Waals surface area contributed by atoms with Crippen LogP contribution in [0.3, 0.4) is 0 Å². The third-order valence-electron chi connectivity index (χ3n) is 1.86. The molecule has 1 rings (SSSR count). The van der Waals surface area contributed by atoms with Gasteiger partial charge in [0.25, 0.3) is 9.05 Å². The Hall–Kier alpha value is -1.07. The van der Waals surface area contributed by atoms with Crippen molar-refractivity contribution in [2.45, 2.75) is 17.7 Å². The second kappa shape index (κ2) is 4.63. The smallest absolute Gasteiger partial charge is 0.261 e. The summed E-state index contributed by atoms with van der Waals surface area (Å²) in [6.07, 6.45) is 0.741. The molecule has 4 nitrogen and oxygen atoms in total. The van der Waals surface area contributed by atoms with Crippen molar-refractivity contribution < 1.29 is 13.2 Å². The van der Waals surface area contributed by atoms with Crippen molar-refractivity contribution >= 4 is 25.6 Å². The van der Waals surface area contributed by atoms with Crippen LogP contribution in [0.15, 0.2) is 29.2 Å². The summed E-state index contributed by atoms with van der Waals surface area (Å²) in [5.41, 5.74) is 5.83. The van der Waals surface area contributed by atoms with Crippen LogP contribution in [-0.2, 0) is 20.3 Å². The van der Waals surface area contributed by atoms with E-state index in [2.05, 4.69) is 0 Å². The van der Waals surface area contributed by atoms with E-state index in [0.29, 0.717) is 6.42 Å². The Balaban J connectivity index is 2.77. The lowest BCUT2D eigenvalue weighted by Gasteiger charge is -2.00. The number of hydrogen-bond acceptors (Lipinski definition) is 3. The van der Waals surface area contributed by atoms with Crippen molar-refractivity contribution in [1.82, 2.24) is 0 Å². The van der Waals surface area contributed by atoms with Crippen LogP contribution in [0.2, 0.25) is 0 Å². The molecule has 0 aliphatic heterocycles. The number of carbonyl (C=O) groups is 1. The average Bonchev–Trinajstić information content (AvgIpc) is 2.14. The van der Waals surface area contributed by atoms with Crippen molar-refractivity contribution in [1.29, 1.82) is 0 Å². The second-order valence-corrected chi connectivity index (χ2v) is 5.61. The van der Waals surface area contributed by atoms with Gasteiger partial charge in [-0.2, -0.15) is 0 Å². The van der Waals surface area contributed by atoms with E-state index in [4.69, 9.17) is 16.4 Å². The second-order valence-electron chi connectivity index (χ2n) is 3.05. The number of nitrogens with two attached hydrogens (primary N) is 1. The molecular weight excluding hydrogens is 238 g/mol. The van der Waals surface area contributed by atoms with Crippen LogP contribution in [0.1, 0.15) is 12.0 Å². The van der Waals surface area contributed by atoms with Gasteiger partial charge in [-0.05, 0) is 24.1 Å². The van der Waals surface area contributed by atoms with Crippen molar-refractivity contribution in [3.8, 4) is 0 Å². The number of primary amides is 1. The van der Waals surface area contributed by atoms with E-state index < -0.39 is 9.05 Å². The van der Waals surface area contributed by atoms with Gasteiger partial charge in [-0.15, -0.1) is 0 Å². The minimum atomic E-state index is -3.67. The summed E-state index contributed by atoms with van der Waals surface area (Å²) in [4.78, 5) is 10.6. The molecule has 0 bridgehead atoms. The van der Waals surface area contributed by atoms with E-state index in [1.54, 1.807) is 12.1 Å². The molecule has 6 heteroatoms. The molecule has 1 aromatic carbocycles. The number of hydrogen-bond donors (Lipinski definition) is 1. The Bertz CT molecular complexity index is 453. The average molecular weight is 248 g/mol. The zero-order valence-corrected chi connectivity index (χ0v) is 9.38. The number of benzene rings is 1. The molecule has 0 aromatic heterocycles. The van der Waals surface area contributed by atoms with Crippen LogP contribution in [-0.4, -0.2) is 14.3 Å². The van der Waals surface area contributed by atoms with E-state index in [0.717, 1.165) is 5.56 Å². The summed E-state index contributed by atoms with van der Waals surface area (Å²) in [6.45, 7) is 0. The molecular formula is C9H10ClNO3S. The SMILES string of the molecule is NC(=O)CCc1ccc(S(=O)(=O)Cl)cc1. The van der Waals surface area contributed by atoms with Gasteiger partial charge in [0, 0.05) is 17.1 Å². The quantitative estimate of drug-likeness (QED) is 0.808. The lowest BCUT2D eigenvalue weighted by Crippen LogP contribution is -2.11. The topological polar surface area (TPSA) is 77.2 Å². The maximum atomic E-state index is 10.9. The number of carbonyl (C=O) groups excluding carboxylic acids is 1. The Morgan fingerprint density at radius 2 is 1.80 bits per heavy atom. The number of aryl methyl sites for hydroxylation is 1. The molecule has 2 N–H and O–H groups in total. The fraction of sp³-hybridized carbons (Fsp3) is 0.222. The zero-order valence-electron chi connectivity index (χ0n) is 7.81. The van der Waals surface area contributed by atoms with Crippen LogP contribution in [0, 0.1) is 0 Å². The molecule has 0 aliphatic rings. The van der Waals surface area contributed by atoms with E-state index in [1.165, 1.54) is 12.1 Å². The molecule has 0 radical (unpaired) electrons. The predicted molar refractivity (Wildman–Crippen MR) is 57.0 cm³/mol. The molecule has 0 unspecified atom stereocenters. The highest BCUT2D eigenvalue weighted by Crippen LogP contribution is 2.15. The predicted octanol–water partition coefficient (Wildman–Crippen LogP) is 1.03. The molecule has 0 heterocycles. The lowest BCUT2D eigenvalue weighted by molar-refractivity contribution is -0.117. The van der Waals surface area contributed by atoms with Crippen molar-refractivity contribution in [2.24, 2.45) is 5.73 Å². The Morgan fingerprint density at radius 1 is 1.27 bits per heavy atom. The summed E-state index contributed by atoms with van der Waals surface area (Å²) in [5.74, 6) is -0.385. The fourth-order valence-electron chi connectivity index (χ4n) is 1.09. The van der Waals surface area contributed by atoms with Gasteiger partial charge >= 0.3 is 0 Å². The van der Waals surface area contributed by atoms with Crippen LogP contribution in [0.25, 0.3) is 0 Å². The van der Waals surface area contributed by atoms with Gasteiger partial charge in [-0.3, -0.25) is 4.79 Å². The maximum Gasteiger partial charge on any atom is 0.261 e. The first-order valence-electron chi connectivity index (χ1n) is 4.21. The minimum Gasteiger partial charge on any atom is -0.370 e. The van der Waals surface area contributed by atoms with E-state index >= 15 is 0 Å². The van der Waals surface area contributed by atoms with E-state index in [-0.39, 0.29) is 17.2 Å². The molecule has 0 aliphatic carbocycles. The minimum absolute atomic E-state index is 0.0481. The Labute approximate surface area is 92.5 Å². The van der Waals surface area contributed by atoms with Gasteiger partial charge in [0.1, 0.15) is 0 Å². The van der Waals surface area contributed by atoms with Gasteiger partial charge in [0.05, 0.1) is 4.90 Å². The monoisotopic (exact) mass is 247 g/mol. The maximum absolute atomic E-state index is 10.9. The van der Waals surface area contributed by atoms with E-state index in [9.17, 15) is 13.2 Å². The van der Waals surface area contributed by atoms with Crippen molar-refractivity contribution in [2.75, 3.05) is 0 Å². The van der Waals surface area contributed by atoms with Crippen molar-refractivity contribution in [3.63, 3.8) is 0 Å². The summed E-state index contributed by atoms with van der Waals surface area (Å²) in [7, 11) is 1.47. The molecule has 82 valence electrons. The first-order valence-corrected chi connectivity index (χ1v) is 6.52. The fourth-order valence-corrected chi connectivity index (χ4v) is 1.86. The summed E-state index contributed by atoms with van der Waals surface area (Å²) >= 11 is 0. The first kappa shape index (κ1) is 12.0. The highest BCUT2D eigenvalue weighted by molar-refractivity contribution is 8.13. The third-order valence-corrected chi connectivity index (χ3v) is 3.23. The number of rotatable bonds is 4. The van der Waals surface area contributed by atoms with Crippen molar-refractivity contribution in [3.05, 3.63) is 29.8 Å². The first-order chi connectivity index (χ1) is 6.89.